The van der Waals surface area contributed by atoms with Crippen molar-refractivity contribution in [2.75, 3.05) is 106 Å². The highest BCUT2D eigenvalue weighted by atomic mass is 19.4. The first kappa shape index (κ1) is 74.7. The second-order valence-corrected chi connectivity index (χ2v) is 25.3. The molecular formula is C70H82F8N10O8. The molecule has 26 heteroatoms. The zero-order valence-electron chi connectivity index (χ0n) is 54.1. The van der Waals surface area contributed by atoms with Crippen LogP contribution in [0.25, 0.3) is 22.3 Å². The third-order valence-electron chi connectivity index (χ3n) is 17.1. The van der Waals surface area contributed by atoms with Crippen molar-refractivity contribution >= 4 is 36.6 Å². The number of likely N-dealkylation sites (N-methyl/N-ethyl adjacent to an activating group) is 2. The molecule has 4 fully saturated rings. The van der Waals surface area contributed by atoms with Crippen molar-refractivity contribution in [1.29, 1.82) is 0 Å². The number of carboxylic acid groups (broad SMARTS) is 2. The van der Waals surface area contributed by atoms with Gasteiger partial charge >= 0.3 is 12.4 Å². The number of rotatable bonds is 18. The molecule has 18 nitrogen and oxygen atoms in total. The molecule has 0 radical (unpaired) electrons. The Morgan fingerprint density at radius 1 is 0.500 bits per heavy atom. The summed E-state index contributed by atoms with van der Waals surface area (Å²) >= 11 is 0. The van der Waals surface area contributed by atoms with Gasteiger partial charge in [-0.15, -0.1) is 0 Å². The number of carbonyl (C=O) groups is 6. The lowest BCUT2D eigenvalue weighted by molar-refractivity contribution is -0.926. The number of benzene rings is 6. The van der Waals surface area contributed by atoms with Crippen LogP contribution in [0.3, 0.4) is 0 Å². The minimum absolute atomic E-state index is 0.154. The molecular weight excluding hydrogens is 1260 g/mol. The number of nitrogens with zero attached hydrogens (tertiary/aromatic N) is 6. The summed E-state index contributed by atoms with van der Waals surface area (Å²) in [6, 6.07) is 42.7. The molecule has 4 aliphatic rings. The highest BCUT2D eigenvalue weighted by molar-refractivity contribution is 5.95. The lowest BCUT2D eigenvalue weighted by atomic mass is 10.00. The molecule has 4 saturated heterocycles. The number of piperazine rings is 4. The average molecular weight is 1340 g/mol. The second-order valence-electron chi connectivity index (χ2n) is 25.3. The predicted octanol–water partition coefficient (Wildman–Crippen LogP) is 5.87. The Balaban J connectivity index is 0.000000226. The number of hydrogen-bond acceptors (Lipinski definition) is 12. The average Bonchev–Trinajstić information content (AvgIpc) is 1.16. The Labute approximate surface area is 553 Å². The number of carboxylic acids is 2. The fourth-order valence-corrected chi connectivity index (χ4v) is 11.8. The molecule has 96 heavy (non-hydrogen) atoms. The monoisotopic (exact) mass is 1340 g/mol. The quantitative estimate of drug-likeness (QED) is 0.0453. The van der Waals surface area contributed by atoms with Crippen LogP contribution >= 0.6 is 0 Å². The van der Waals surface area contributed by atoms with Gasteiger partial charge in [0.1, 0.15) is 36.7 Å². The highest BCUT2D eigenvalue weighted by Gasteiger charge is 2.32. The summed E-state index contributed by atoms with van der Waals surface area (Å²) < 4.78 is 94.7. The van der Waals surface area contributed by atoms with E-state index in [2.05, 4.69) is 95.4 Å². The maximum absolute atomic E-state index is 14.9. The number of nitrogens with one attached hydrogen (secondary N) is 4. The third-order valence-corrected chi connectivity index (χ3v) is 17.1. The Morgan fingerprint density at radius 2 is 0.844 bits per heavy atom. The van der Waals surface area contributed by atoms with Gasteiger partial charge in [0.15, 0.2) is 0 Å². The number of carbonyl (C=O) groups excluding carboxylic acids is 6. The first-order chi connectivity index (χ1) is 45.5. The summed E-state index contributed by atoms with van der Waals surface area (Å²) in [6.07, 6.45) is -8.55. The fraction of sp³-hybridized carbons (Fsp3) is 0.400. The van der Waals surface area contributed by atoms with E-state index in [1.54, 1.807) is 12.1 Å². The van der Waals surface area contributed by atoms with E-state index < -0.39 is 24.3 Å². The summed E-state index contributed by atoms with van der Waals surface area (Å²) in [5, 5.41) is 30.5. The minimum Gasteiger partial charge on any atom is -0.542 e. The van der Waals surface area contributed by atoms with Crippen molar-refractivity contribution in [3.63, 3.8) is 0 Å². The van der Waals surface area contributed by atoms with E-state index in [0.717, 1.165) is 184 Å². The van der Waals surface area contributed by atoms with Gasteiger partial charge in [0.05, 0.1) is 66.5 Å². The molecule has 516 valence electrons. The highest BCUT2D eigenvalue weighted by Crippen LogP contribution is 2.29. The van der Waals surface area contributed by atoms with Gasteiger partial charge in [0.25, 0.3) is 11.8 Å². The lowest BCUT2D eigenvalue weighted by Crippen LogP contribution is -2.56. The molecule has 6 aromatic carbocycles. The molecule has 4 aliphatic heterocycles. The van der Waals surface area contributed by atoms with Crippen LogP contribution < -0.4 is 31.5 Å². The number of aliphatic carboxylic acids is 2. The van der Waals surface area contributed by atoms with Crippen LogP contribution in [0, 0.1) is 11.6 Å². The van der Waals surface area contributed by atoms with Gasteiger partial charge in [-0.1, -0.05) is 72.8 Å². The summed E-state index contributed by atoms with van der Waals surface area (Å²) in [4.78, 5) is 74.3. The first-order valence-electron chi connectivity index (χ1n) is 31.5. The first-order valence-corrected chi connectivity index (χ1v) is 31.5. The van der Waals surface area contributed by atoms with E-state index in [1.165, 1.54) is 12.1 Å². The van der Waals surface area contributed by atoms with Crippen LogP contribution in [-0.2, 0) is 58.4 Å². The van der Waals surface area contributed by atoms with Crippen LogP contribution in [0.5, 0.6) is 0 Å². The molecule has 10 rings (SSSR count). The summed E-state index contributed by atoms with van der Waals surface area (Å²) in [6.45, 7) is 20.8. The normalized spacial score (nSPS) is 18.0. The van der Waals surface area contributed by atoms with Crippen molar-refractivity contribution in [2.24, 2.45) is 0 Å². The molecule has 0 bridgehead atoms. The summed E-state index contributed by atoms with van der Waals surface area (Å²) in [5.41, 5.74) is 10.2. The van der Waals surface area contributed by atoms with Crippen molar-refractivity contribution < 1.29 is 83.1 Å². The van der Waals surface area contributed by atoms with Gasteiger partial charge in [0, 0.05) is 111 Å². The van der Waals surface area contributed by atoms with Crippen molar-refractivity contribution in [3.05, 3.63) is 190 Å². The van der Waals surface area contributed by atoms with Crippen molar-refractivity contribution in [3.8, 4) is 22.3 Å². The van der Waals surface area contributed by atoms with Crippen LogP contribution in [0.15, 0.2) is 133 Å². The van der Waals surface area contributed by atoms with E-state index >= 15 is 0 Å². The minimum atomic E-state index is -5.19. The Morgan fingerprint density at radius 3 is 1.18 bits per heavy atom. The smallest absolute Gasteiger partial charge is 0.430 e. The zero-order chi connectivity index (χ0) is 69.8. The van der Waals surface area contributed by atoms with Crippen LogP contribution in [-0.4, -0.2) is 195 Å². The molecule has 4 N–H and O–H groups in total. The standard InChI is InChI=1S/2C33H40FN5O2.2C2HF3O2/c2*1-25-21-38(12-11-35-25)22-27-5-3-7-29(17-27)31-19-26(9-10-32(31)34)20-36-33(41)30-8-4-6-28(18-30)23-39(2)15-13-37(24-40)14-16-39;2*3-2(4,5)1(6)7/h2*3-10,17-19,24-25,35H,11-16,20-23H2,1-2H3;2*(H,6,7)/t2*25-;;/m00../s1. The summed E-state index contributed by atoms with van der Waals surface area (Å²) in [7, 11) is 4.39. The molecule has 0 aromatic heterocycles. The van der Waals surface area contributed by atoms with Gasteiger partial charge in [-0.3, -0.25) is 29.0 Å². The van der Waals surface area contributed by atoms with Gasteiger partial charge in [0.2, 0.25) is 12.8 Å². The maximum Gasteiger partial charge on any atom is 0.430 e. The SMILES string of the molecule is C[C@H]1CN(Cc2cccc(-c3cc(CNC(=O)c4cccc(C[N+]5(C)CCN(C=O)CC5)c4)ccc3F)c2)CCN1.C[C@H]1CN(Cc2cccc(-c3cc(CNC(=O)c4cccc(C[N+]5(C)CCN(C=O)CC5)c4)ccc3F)c2)CCN1.O=C([O-])C(F)(F)F.O=C([O-])C(F)(F)F. The van der Waals surface area contributed by atoms with Gasteiger partial charge in [-0.05, 0) is 108 Å². The molecule has 2 atom stereocenters. The third kappa shape index (κ3) is 23.3. The molecule has 0 unspecified atom stereocenters. The van der Waals surface area contributed by atoms with E-state index in [4.69, 9.17) is 19.8 Å². The molecule has 6 aromatic rings. The Kier molecular flexibility index (Phi) is 26.7. The maximum atomic E-state index is 14.9. The zero-order valence-corrected chi connectivity index (χ0v) is 54.1. The number of alkyl halides is 6. The largest absolute Gasteiger partial charge is 0.542 e. The van der Waals surface area contributed by atoms with Crippen LogP contribution in [0.4, 0.5) is 35.1 Å². The van der Waals surface area contributed by atoms with E-state index in [-0.39, 0.29) is 23.4 Å². The number of hydrogen-bond donors (Lipinski definition) is 4. The van der Waals surface area contributed by atoms with Crippen molar-refractivity contribution in [2.45, 2.75) is 77.6 Å². The summed E-state index contributed by atoms with van der Waals surface area (Å²) in [5.74, 6) is -6.87. The topological polar surface area (TPSA) is 210 Å². The fourth-order valence-electron chi connectivity index (χ4n) is 11.8. The van der Waals surface area contributed by atoms with Gasteiger partial charge < -0.3 is 59.8 Å². The molecule has 0 spiro atoms. The van der Waals surface area contributed by atoms with E-state index in [1.807, 2.05) is 82.6 Å². The van der Waals surface area contributed by atoms with Gasteiger partial charge in [-0.2, -0.15) is 26.3 Å². The van der Waals surface area contributed by atoms with E-state index in [0.29, 0.717) is 47.4 Å². The Hall–Kier alpha value is -8.66. The number of quaternary nitrogens is 2. The Bertz CT molecular complexity index is 3390. The van der Waals surface area contributed by atoms with Crippen LogP contribution in [0.1, 0.15) is 67.9 Å². The number of amides is 4. The lowest BCUT2D eigenvalue weighted by Gasteiger charge is -2.41. The van der Waals surface area contributed by atoms with Gasteiger partial charge in [-0.25, -0.2) is 8.78 Å². The number of halogens is 8. The predicted molar refractivity (Wildman–Crippen MR) is 341 cm³/mol. The van der Waals surface area contributed by atoms with E-state index in [9.17, 15) is 54.3 Å². The molecule has 0 aliphatic carbocycles. The molecule has 0 saturated carbocycles. The molecule has 4 heterocycles. The van der Waals surface area contributed by atoms with Crippen LogP contribution in [0.2, 0.25) is 0 Å². The van der Waals surface area contributed by atoms with Crippen molar-refractivity contribution in [1.82, 2.24) is 40.9 Å². The molecule has 4 amide bonds. The second kappa shape index (κ2) is 34.3.